The Bertz CT molecular complexity index is 687. The number of allylic oxidation sites excluding steroid dienone is 2. The molecular weight excluding hydrogens is 305 g/mol. The molecule has 0 amide bonds. The predicted molar refractivity (Wildman–Crippen MR) is 81.8 cm³/mol. The molecule has 0 spiro atoms. The normalized spacial score (nSPS) is 23.2. The zero-order chi connectivity index (χ0) is 17.8. The SMILES string of the molecule is CC1C(C(=N)c2cc(C(F)(F)F)ncn2)=C(N)C(C)(C)C1(C)C. The number of nitrogens with zero attached hydrogens (tertiary/aromatic N) is 2. The summed E-state index contributed by atoms with van der Waals surface area (Å²) in [5.41, 5.74) is 5.57. The highest BCUT2D eigenvalue weighted by Crippen LogP contribution is 2.57. The maximum absolute atomic E-state index is 12.8. The topological polar surface area (TPSA) is 75.7 Å². The van der Waals surface area contributed by atoms with Crippen molar-refractivity contribution in [3.63, 3.8) is 0 Å². The van der Waals surface area contributed by atoms with Crippen LogP contribution in [0.15, 0.2) is 23.7 Å². The van der Waals surface area contributed by atoms with Gasteiger partial charge in [0.25, 0.3) is 0 Å². The van der Waals surface area contributed by atoms with Gasteiger partial charge >= 0.3 is 6.18 Å². The molecule has 1 unspecified atom stereocenters. The summed E-state index contributed by atoms with van der Waals surface area (Å²) in [5.74, 6) is -0.0747. The molecule has 1 aromatic rings. The lowest BCUT2D eigenvalue weighted by molar-refractivity contribution is -0.141. The minimum Gasteiger partial charge on any atom is -0.401 e. The average Bonchev–Trinajstić information content (AvgIpc) is 2.56. The zero-order valence-corrected chi connectivity index (χ0v) is 13.8. The van der Waals surface area contributed by atoms with Gasteiger partial charge in [0.05, 0.1) is 11.4 Å². The smallest absolute Gasteiger partial charge is 0.401 e. The van der Waals surface area contributed by atoms with E-state index in [0.29, 0.717) is 11.3 Å². The number of hydrogen-bond acceptors (Lipinski definition) is 4. The van der Waals surface area contributed by atoms with E-state index in [-0.39, 0.29) is 28.2 Å². The van der Waals surface area contributed by atoms with Crippen molar-refractivity contribution in [2.75, 3.05) is 0 Å². The Morgan fingerprint density at radius 1 is 1.22 bits per heavy atom. The van der Waals surface area contributed by atoms with Crippen molar-refractivity contribution in [1.29, 1.82) is 5.41 Å². The number of rotatable bonds is 2. The van der Waals surface area contributed by atoms with Crippen LogP contribution in [0.4, 0.5) is 13.2 Å². The van der Waals surface area contributed by atoms with Gasteiger partial charge in [-0.15, -0.1) is 0 Å². The highest BCUT2D eigenvalue weighted by atomic mass is 19.4. The van der Waals surface area contributed by atoms with E-state index in [4.69, 9.17) is 11.1 Å². The first-order valence-corrected chi connectivity index (χ1v) is 7.30. The summed E-state index contributed by atoms with van der Waals surface area (Å²) in [4.78, 5) is 7.07. The van der Waals surface area contributed by atoms with Crippen molar-refractivity contribution in [2.24, 2.45) is 22.5 Å². The Labute approximate surface area is 133 Å². The molecule has 1 aliphatic carbocycles. The molecule has 1 aromatic heterocycles. The van der Waals surface area contributed by atoms with Crippen molar-refractivity contribution in [1.82, 2.24) is 9.97 Å². The van der Waals surface area contributed by atoms with Gasteiger partial charge in [0, 0.05) is 16.7 Å². The summed E-state index contributed by atoms with van der Waals surface area (Å²) >= 11 is 0. The molecule has 0 aliphatic heterocycles. The molecule has 1 aliphatic rings. The van der Waals surface area contributed by atoms with E-state index in [0.717, 1.165) is 12.4 Å². The lowest BCUT2D eigenvalue weighted by Crippen LogP contribution is -2.35. The second kappa shape index (κ2) is 5.04. The minimum atomic E-state index is -4.57. The third kappa shape index (κ3) is 2.52. The molecule has 23 heavy (non-hydrogen) atoms. The van der Waals surface area contributed by atoms with Crippen LogP contribution >= 0.6 is 0 Å². The molecule has 0 bridgehead atoms. The van der Waals surface area contributed by atoms with Gasteiger partial charge in [0.15, 0.2) is 0 Å². The van der Waals surface area contributed by atoms with E-state index in [2.05, 4.69) is 9.97 Å². The van der Waals surface area contributed by atoms with Gasteiger partial charge in [-0.2, -0.15) is 13.2 Å². The zero-order valence-electron chi connectivity index (χ0n) is 13.8. The summed E-state index contributed by atoms with van der Waals surface area (Å²) in [6, 6.07) is 0.799. The van der Waals surface area contributed by atoms with Crippen molar-refractivity contribution in [3.05, 3.63) is 35.1 Å². The van der Waals surface area contributed by atoms with Gasteiger partial charge in [-0.3, -0.25) is 5.41 Å². The van der Waals surface area contributed by atoms with E-state index in [1.165, 1.54) is 0 Å². The van der Waals surface area contributed by atoms with Crippen molar-refractivity contribution in [2.45, 2.75) is 40.8 Å². The summed E-state index contributed by atoms with van der Waals surface area (Å²) in [6.07, 6.45) is -3.74. The van der Waals surface area contributed by atoms with Crippen LogP contribution in [0, 0.1) is 22.2 Å². The number of alkyl halides is 3. The number of nitrogens with one attached hydrogen (secondary N) is 1. The molecule has 0 radical (unpaired) electrons. The molecule has 4 nitrogen and oxygen atoms in total. The summed E-state index contributed by atoms with van der Waals surface area (Å²) < 4.78 is 38.4. The van der Waals surface area contributed by atoms with Crippen LogP contribution in [0.3, 0.4) is 0 Å². The van der Waals surface area contributed by atoms with Crippen LogP contribution in [0.5, 0.6) is 0 Å². The Kier molecular flexibility index (Phi) is 3.82. The standard InChI is InChI=1S/C16H21F3N4/c1-8-11(13(21)15(4,5)14(8,2)3)12(20)9-6-10(16(17,18)19)23-7-22-9/h6-8,20H,21H2,1-5H3. The van der Waals surface area contributed by atoms with E-state index >= 15 is 0 Å². The van der Waals surface area contributed by atoms with E-state index in [1.54, 1.807) is 0 Å². The maximum Gasteiger partial charge on any atom is 0.433 e. The molecule has 7 heteroatoms. The number of aromatic nitrogens is 2. The molecule has 0 saturated carbocycles. The van der Waals surface area contributed by atoms with E-state index < -0.39 is 11.9 Å². The summed E-state index contributed by atoms with van der Waals surface area (Å²) in [7, 11) is 0. The second-order valence-corrected chi connectivity index (χ2v) is 7.06. The maximum atomic E-state index is 12.8. The quantitative estimate of drug-likeness (QED) is 0.812. The second-order valence-electron chi connectivity index (χ2n) is 7.06. The van der Waals surface area contributed by atoms with Crippen LogP contribution in [-0.2, 0) is 6.18 Å². The lowest BCUT2D eigenvalue weighted by Gasteiger charge is -2.39. The van der Waals surface area contributed by atoms with Crippen LogP contribution in [-0.4, -0.2) is 15.7 Å². The first-order valence-electron chi connectivity index (χ1n) is 7.30. The average molecular weight is 326 g/mol. The fourth-order valence-corrected chi connectivity index (χ4v) is 2.96. The third-order valence-electron chi connectivity index (χ3n) is 5.57. The molecule has 0 aromatic carbocycles. The fraction of sp³-hybridized carbons (Fsp3) is 0.562. The molecule has 2 rings (SSSR count). The fourth-order valence-electron chi connectivity index (χ4n) is 2.96. The van der Waals surface area contributed by atoms with Gasteiger partial charge in [0.2, 0.25) is 0 Å². The summed E-state index contributed by atoms with van der Waals surface area (Å²) in [6.45, 7) is 10.0. The monoisotopic (exact) mass is 326 g/mol. The van der Waals surface area contributed by atoms with Crippen molar-refractivity contribution in [3.8, 4) is 0 Å². The van der Waals surface area contributed by atoms with Gasteiger partial charge < -0.3 is 5.73 Å². The molecule has 0 fully saturated rings. The van der Waals surface area contributed by atoms with Gasteiger partial charge in [-0.1, -0.05) is 34.6 Å². The van der Waals surface area contributed by atoms with Gasteiger partial charge in [0.1, 0.15) is 12.0 Å². The largest absolute Gasteiger partial charge is 0.433 e. The Morgan fingerprint density at radius 3 is 2.22 bits per heavy atom. The Morgan fingerprint density at radius 2 is 1.78 bits per heavy atom. The minimum absolute atomic E-state index is 0.0642. The molecule has 3 N–H and O–H groups in total. The van der Waals surface area contributed by atoms with Crippen LogP contribution < -0.4 is 5.73 Å². The number of halogens is 3. The first kappa shape index (κ1) is 17.4. The summed E-state index contributed by atoms with van der Waals surface area (Å²) in [5, 5.41) is 8.35. The van der Waals surface area contributed by atoms with E-state index in [9.17, 15) is 13.2 Å². The highest BCUT2D eigenvalue weighted by Gasteiger charge is 2.52. The predicted octanol–water partition coefficient (Wildman–Crippen LogP) is 3.78. The van der Waals surface area contributed by atoms with E-state index in [1.807, 2.05) is 34.6 Å². The van der Waals surface area contributed by atoms with Crippen LogP contribution in [0.2, 0.25) is 0 Å². The van der Waals surface area contributed by atoms with Crippen molar-refractivity contribution < 1.29 is 13.2 Å². The Balaban J connectivity index is 2.52. The van der Waals surface area contributed by atoms with Gasteiger partial charge in [-0.25, -0.2) is 9.97 Å². The van der Waals surface area contributed by atoms with Gasteiger partial charge in [-0.05, 0) is 17.4 Å². The molecule has 0 saturated heterocycles. The first-order chi connectivity index (χ1) is 10.3. The van der Waals surface area contributed by atoms with Crippen LogP contribution in [0.25, 0.3) is 0 Å². The highest BCUT2D eigenvalue weighted by molar-refractivity contribution is 6.10. The molecule has 126 valence electrons. The Hall–Kier alpha value is -1.92. The van der Waals surface area contributed by atoms with Crippen molar-refractivity contribution >= 4 is 5.71 Å². The molecular formula is C16H21F3N4. The third-order valence-corrected chi connectivity index (χ3v) is 5.57. The van der Waals surface area contributed by atoms with Crippen LogP contribution in [0.1, 0.15) is 46.0 Å². The molecule has 1 heterocycles. The molecule has 1 atom stereocenters. The number of nitrogens with two attached hydrogens (primary N) is 1. The lowest BCUT2D eigenvalue weighted by atomic mass is 9.65. The number of hydrogen-bond donors (Lipinski definition) is 2.